The van der Waals surface area contributed by atoms with E-state index in [1.165, 1.54) is 0 Å². The first kappa shape index (κ1) is 15.3. The van der Waals surface area contributed by atoms with Crippen LogP contribution < -0.4 is 0 Å². The van der Waals surface area contributed by atoms with Crippen molar-refractivity contribution in [2.75, 3.05) is 0 Å². The quantitative estimate of drug-likeness (QED) is 0.580. The number of rotatable bonds is 5. The average molecular weight is 326 g/mol. The third kappa shape index (κ3) is 3.63. The number of fused-ring (bicyclic) bond motifs is 1. The van der Waals surface area contributed by atoms with Crippen molar-refractivity contribution in [1.82, 2.24) is 19.9 Å². The van der Waals surface area contributed by atoms with E-state index in [4.69, 9.17) is 0 Å². The van der Waals surface area contributed by atoms with E-state index in [1.807, 2.05) is 60.9 Å². The maximum atomic E-state index is 4.54. The molecule has 2 aromatic heterocycles. The summed E-state index contributed by atoms with van der Waals surface area (Å²) in [5, 5.41) is 1.06. The Morgan fingerprint density at radius 2 is 1.72 bits per heavy atom. The summed E-state index contributed by atoms with van der Waals surface area (Å²) in [5.74, 6) is 1.73. The highest BCUT2D eigenvalue weighted by molar-refractivity contribution is 5.78. The van der Waals surface area contributed by atoms with Gasteiger partial charge in [-0.25, -0.2) is 15.0 Å². The number of imidazole rings is 1. The van der Waals surface area contributed by atoms with E-state index < -0.39 is 0 Å². The van der Waals surface area contributed by atoms with Crippen LogP contribution in [0.25, 0.3) is 28.2 Å². The minimum Gasteiger partial charge on any atom is -0.342 e. The van der Waals surface area contributed by atoms with Crippen LogP contribution in [0.5, 0.6) is 0 Å². The molecular weight excluding hydrogens is 308 g/mol. The number of para-hydroxylation sites is 1. The van der Waals surface area contributed by atoms with Gasteiger partial charge in [-0.1, -0.05) is 54.6 Å². The van der Waals surface area contributed by atoms with E-state index in [0.29, 0.717) is 0 Å². The van der Waals surface area contributed by atoms with Crippen molar-refractivity contribution >= 4 is 17.0 Å². The first-order valence-electron chi connectivity index (χ1n) is 8.36. The predicted octanol–water partition coefficient (Wildman–Crippen LogP) is 4.67. The fraction of sp³-hybridized carbons (Fsp3) is 0.0952. The van der Waals surface area contributed by atoms with Gasteiger partial charge in [0, 0.05) is 18.0 Å². The Balaban J connectivity index is 1.38. The molecule has 25 heavy (non-hydrogen) atoms. The lowest BCUT2D eigenvalue weighted by Gasteiger charge is -1.98. The van der Waals surface area contributed by atoms with Crippen LogP contribution in [0.2, 0.25) is 0 Å². The number of aromatic amines is 1. The van der Waals surface area contributed by atoms with Gasteiger partial charge in [-0.3, -0.25) is 0 Å². The molecule has 0 unspecified atom stereocenters. The number of nitrogens with zero attached hydrogens (tertiary/aromatic N) is 3. The molecule has 0 radical (unpaired) electrons. The van der Waals surface area contributed by atoms with Gasteiger partial charge < -0.3 is 4.98 Å². The highest BCUT2D eigenvalue weighted by atomic mass is 14.9. The molecule has 0 saturated carbocycles. The normalized spacial score (nSPS) is 11.4. The second kappa shape index (κ2) is 7.09. The largest absolute Gasteiger partial charge is 0.342 e. The number of aromatic nitrogens is 4. The number of allylic oxidation sites excluding steroid dienone is 1. The molecule has 4 heteroatoms. The molecule has 0 aliphatic carbocycles. The zero-order chi connectivity index (χ0) is 16.9. The van der Waals surface area contributed by atoms with Gasteiger partial charge in [-0.05, 0) is 24.1 Å². The number of nitrogens with one attached hydrogen (secondary N) is 1. The first-order chi connectivity index (χ1) is 12.4. The summed E-state index contributed by atoms with van der Waals surface area (Å²) in [5.41, 5.74) is 3.18. The molecule has 4 rings (SSSR count). The number of hydrogen-bond donors (Lipinski definition) is 1. The van der Waals surface area contributed by atoms with E-state index in [2.05, 4.69) is 38.1 Å². The van der Waals surface area contributed by atoms with Crippen LogP contribution in [-0.4, -0.2) is 19.9 Å². The van der Waals surface area contributed by atoms with E-state index in [9.17, 15) is 0 Å². The number of H-pyrrole nitrogens is 1. The Labute approximate surface area is 146 Å². The molecule has 2 aromatic carbocycles. The molecule has 4 nitrogen and oxygen atoms in total. The average Bonchev–Trinajstić information content (AvgIpc) is 3.15. The van der Waals surface area contributed by atoms with Crippen LogP contribution in [0.4, 0.5) is 0 Å². The van der Waals surface area contributed by atoms with Gasteiger partial charge in [0.2, 0.25) is 0 Å². The Morgan fingerprint density at radius 3 is 2.64 bits per heavy atom. The summed E-state index contributed by atoms with van der Waals surface area (Å²) in [7, 11) is 0. The van der Waals surface area contributed by atoms with Crippen LogP contribution in [0.1, 0.15) is 18.1 Å². The number of aryl methyl sites for hydroxylation is 1. The predicted molar refractivity (Wildman–Crippen MR) is 101 cm³/mol. The summed E-state index contributed by atoms with van der Waals surface area (Å²) >= 11 is 0. The highest BCUT2D eigenvalue weighted by Gasteiger charge is 2.02. The van der Waals surface area contributed by atoms with E-state index in [1.54, 1.807) is 0 Å². The molecule has 4 aromatic rings. The molecule has 0 saturated heterocycles. The van der Waals surface area contributed by atoms with Gasteiger partial charge in [0.25, 0.3) is 0 Å². The van der Waals surface area contributed by atoms with Crippen LogP contribution in [-0.2, 0) is 6.42 Å². The third-order valence-corrected chi connectivity index (χ3v) is 4.04. The molecule has 0 atom stereocenters. The topological polar surface area (TPSA) is 54.5 Å². The van der Waals surface area contributed by atoms with Crippen LogP contribution in [0.15, 0.2) is 73.1 Å². The monoisotopic (exact) mass is 326 g/mol. The second-order valence-corrected chi connectivity index (χ2v) is 5.84. The van der Waals surface area contributed by atoms with Crippen molar-refractivity contribution < 1.29 is 0 Å². The number of benzene rings is 2. The minimum atomic E-state index is 0.739. The summed E-state index contributed by atoms with van der Waals surface area (Å²) in [6.07, 6.45) is 9.55. The molecule has 0 spiro atoms. The van der Waals surface area contributed by atoms with Gasteiger partial charge in [-0.15, -0.1) is 0 Å². The van der Waals surface area contributed by atoms with E-state index in [0.717, 1.165) is 46.7 Å². The molecule has 2 heterocycles. The smallest absolute Gasteiger partial charge is 0.152 e. The van der Waals surface area contributed by atoms with E-state index >= 15 is 0 Å². The van der Waals surface area contributed by atoms with Gasteiger partial charge in [0.05, 0.1) is 17.4 Å². The van der Waals surface area contributed by atoms with Crippen molar-refractivity contribution in [2.24, 2.45) is 0 Å². The maximum absolute atomic E-state index is 4.54. The Kier molecular flexibility index (Phi) is 4.33. The molecule has 0 aliphatic rings. The lowest BCUT2D eigenvalue weighted by molar-refractivity contribution is 0.912. The van der Waals surface area contributed by atoms with Gasteiger partial charge in [0.1, 0.15) is 5.82 Å². The summed E-state index contributed by atoms with van der Waals surface area (Å²) in [4.78, 5) is 16.7. The summed E-state index contributed by atoms with van der Waals surface area (Å²) in [6.45, 7) is 0. The maximum Gasteiger partial charge on any atom is 0.152 e. The minimum absolute atomic E-state index is 0.739. The van der Waals surface area contributed by atoms with Crippen molar-refractivity contribution in [1.29, 1.82) is 0 Å². The van der Waals surface area contributed by atoms with Crippen molar-refractivity contribution in [3.05, 3.63) is 84.7 Å². The molecule has 0 aliphatic heterocycles. The zero-order valence-electron chi connectivity index (χ0n) is 13.8. The van der Waals surface area contributed by atoms with Gasteiger partial charge in [-0.2, -0.15) is 0 Å². The van der Waals surface area contributed by atoms with Gasteiger partial charge >= 0.3 is 0 Å². The Hall–Kier alpha value is -3.27. The lowest BCUT2D eigenvalue weighted by Crippen LogP contribution is -1.89. The molecule has 1 N–H and O–H groups in total. The van der Waals surface area contributed by atoms with Crippen LogP contribution >= 0.6 is 0 Å². The first-order valence-corrected chi connectivity index (χ1v) is 8.36. The zero-order valence-corrected chi connectivity index (χ0v) is 13.8. The standard InChI is InChI=1S/C21H18N4/c1-2-8-16(9-3-1)19-15-23-21(25-19)13-7-6-12-20-22-14-17-10-4-5-11-18(17)24-20/h1-6,8-12,14-15H,7,13H2,(H,23,25)/b12-6+. The molecule has 0 amide bonds. The molecule has 0 fully saturated rings. The summed E-state index contributed by atoms with van der Waals surface area (Å²) < 4.78 is 0. The van der Waals surface area contributed by atoms with Gasteiger partial charge in [0.15, 0.2) is 5.82 Å². The Bertz CT molecular complexity index is 1000. The molecular formula is C21H18N4. The number of hydrogen-bond acceptors (Lipinski definition) is 3. The van der Waals surface area contributed by atoms with Crippen molar-refractivity contribution in [3.8, 4) is 11.3 Å². The second-order valence-electron chi connectivity index (χ2n) is 5.84. The highest BCUT2D eigenvalue weighted by Crippen LogP contribution is 2.16. The fourth-order valence-electron chi connectivity index (χ4n) is 2.73. The lowest BCUT2D eigenvalue weighted by atomic mass is 10.2. The van der Waals surface area contributed by atoms with Crippen molar-refractivity contribution in [2.45, 2.75) is 12.8 Å². The SMILES string of the molecule is C(=C\c1ncc2ccccc2n1)/CCc1ncc(-c2ccccc2)[nH]1. The third-order valence-electron chi connectivity index (χ3n) is 4.04. The van der Waals surface area contributed by atoms with Crippen LogP contribution in [0, 0.1) is 0 Å². The Morgan fingerprint density at radius 1 is 0.880 bits per heavy atom. The van der Waals surface area contributed by atoms with E-state index in [-0.39, 0.29) is 0 Å². The van der Waals surface area contributed by atoms with Crippen LogP contribution in [0.3, 0.4) is 0 Å². The molecule has 0 bridgehead atoms. The summed E-state index contributed by atoms with van der Waals surface area (Å²) in [6, 6.07) is 18.2. The van der Waals surface area contributed by atoms with Crippen molar-refractivity contribution in [3.63, 3.8) is 0 Å². The fourth-order valence-corrected chi connectivity index (χ4v) is 2.73. The molecule has 122 valence electrons.